The molecule has 3 N–H and O–H groups in total. The van der Waals surface area contributed by atoms with Gasteiger partial charge in [0, 0.05) is 61.7 Å². The van der Waals surface area contributed by atoms with Crippen molar-refractivity contribution in [3.8, 4) is 0 Å². The minimum absolute atomic E-state index is 0.0686. The summed E-state index contributed by atoms with van der Waals surface area (Å²) >= 11 is 3.76. The van der Waals surface area contributed by atoms with Crippen LogP contribution < -0.4 is 16.4 Å². The van der Waals surface area contributed by atoms with Crippen LogP contribution in [0.3, 0.4) is 0 Å². The van der Waals surface area contributed by atoms with Gasteiger partial charge in [-0.2, -0.15) is 0 Å². The summed E-state index contributed by atoms with van der Waals surface area (Å²) in [6.45, 7) is 24.9. The van der Waals surface area contributed by atoms with Crippen molar-refractivity contribution in [2.24, 2.45) is 17.8 Å². The number of carbonyl (C=O) groups excluding carboxylic acids is 2. The van der Waals surface area contributed by atoms with Gasteiger partial charge in [-0.1, -0.05) is 33.1 Å². The van der Waals surface area contributed by atoms with Crippen LogP contribution in [0.25, 0.3) is 0 Å². The first kappa shape index (κ1) is 49.6. The third kappa shape index (κ3) is 11.1. The third-order valence-corrected chi connectivity index (χ3v) is 19.5. The summed E-state index contributed by atoms with van der Waals surface area (Å²) in [5.41, 5.74) is 9.12. The highest BCUT2D eigenvalue weighted by Crippen LogP contribution is 2.43. The van der Waals surface area contributed by atoms with Gasteiger partial charge in [0.1, 0.15) is 0 Å². The minimum Gasteiger partial charge on any atom is -0.334 e. The lowest BCUT2D eigenvalue weighted by atomic mass is 9.82. The number of thiophene rings is 2. The van der Waals surface area contributed by atoms with Crippen molar-refractivity contribution in [2.45, 2.75) is 164 Å². The summed E-state index contributed by atoms with van der Waals surface area (Å²) in [7, 11) is 0. The normalized spacial score (nSPS) is 20.2. The predicted octanol–water partition coefficient (Wildman–Crippen LogP) is 10.4. The number of nitrogens with one attached hydrogen (secondary N) is 3. The molecule has 1 saturated carbocycles. The summed E-state index contributed by atoms with van der Waals surface area (Å²) in [5.74, 6) is 3.51. The van der Waals surface area contributed by atoms with Gasteiger partial charge in [0.25, 0.3) is 22.9 Å². The first-order valence-corrected chi connectivity index (χ1v) is 27.5. The fourth-order valence-corrected chi connectivity index (χ4v) is 15.3. The Labute approximate surface area is 407 Å². The monoisotopic (exact) mass is 951 g/mol. The van der Waals surface area contributed by atoms with E-state index >= 15 is 0 Å². The number of nitrogens with zero attached hydrogens (tertiary/aromatic N) is 3. The molecule has 67 heavy (non-hydrogen) atoms. The van der Waals surface area contributed by atoms with Gasteiger partial charge in [0.15, 0.2) is 0 Å². The Morgan fingerprint density at radius 1 is 0.582 bits per heavy atom. The average Bonchev–Trinajstić information content (AvgIpc) is 3.69. The fourth-order valence-electron chi connectivity index (χ4n) is 12.3. The highest BCUT2D eigenvalue weighted by atomic mass is 32.1. The molecule has 0 radical (unpaired) electrons. The average molecular weight is 951 g/mol. The SMILES string of the molecule is Cc1cc(C)c(CN2CCCc3sc([C@H](C)C4CCN(CC5CCCCC5)CC4)c(C)c3C2=O)c(=O)[nH]1.Cc1cc(C)c(CN2CCCc3sc([C@H](C)C4CCNCC4)c(C)c3C2=O)c(=O)[nH]1. The van der Waals surface area contributed by atoms with E-state index in [2.05, 4.69) is 47.9 Å². The van der Waals surface area contributed by atoms with Gasteiger partial charge in [0.05, 0.1) is 24.2 Å². The summed E-state index contributed by atoms with van der Waals surface area (Å²) in [6, 6.07) is 3.99. The van der Waals surface area contributed by atoms with E-state index in [1.165, 1.54) is 108 Å². The van der Waals surface area contributed by atoms with Gasteiger partial charge in [-0.15, -0.1) is 22.7 Å². The molecule has 10 nitrogen and oxygen atoms in total. The Hall–Kier alpha value is -3.84. The Morgan fingerprint density at radius 3 is 1.48 bits per heavy atom. The van der Waals surface area contributed by atoms with Gasteiger partial charge in [-0.05, 0) is 196 Å². The molecule has 2 saturated heterocycles. The van der Waals surface area contributed by atoms with Crippen LogP contribution in [0.5, 0.6) is 0 Å². The molecule has 0 aromatic carbocycles. The Kier molecular flexibility index (Phi) is 16.2. The van der Waals surface area contributed by atoms with Crippen molar-refractivity contribution in [1.82, 2.24) is 30.0 Å². The molecule has 364 valence electrons. The van der Waals surface area contributed by atoms with Crippen LogP contribution in [0.4, 0.5) is 0 Å². The van der Waals surface area contributed by atoms with E-state index in [0.717, 1.165) is 78.3 Å². The van der Waals surface area contributed by atoms with E-state index in [0.29, 0.717) is 61.0 Å². The molecule has 1 aliphatic carbocycles. The van der Waals surface area contributed by atoms with Crippen LogP contribution in [0, 0.1) is 59.3 Å². The number of hydrogen-bond acceptors (Lipinski definition) is 8. The summed E-state index contributed by atoms with van der Waals surface area (Å²) in [6.07, 6.45) is 15.9. The molecule has 4 aromatic heterocycles. The summed E-state index contributed by atoms with van der Waals surface area (Å²) in [4.78, 5) is 70.2. The molecule has 2 amide bonds. The smallest absolute Gasteiger partial charge is 0.255 e. The van der Waals surface area contributed by atoms with Crippen LogP contribution >= 0.6 is 22.7 Å². The number of fused-ring (bicyclic) bond motifs is 2. The fraction of sp³-hybridized carbons (Fsp3) is 0.636. The maximum absolute atomic E-state index is 13.8. The highest BCUT2D eigenvalue weighted by Gasteiger charge is 2.35. The third-order valence-electron chi connectivity index (χ3n) is 16.4. The molecule has 5 aliphatic rings. The number of aromatic nitrogens is 2. The second kappa shape index (κ2) is 21.8. The lowest BCUT2D eigenvalue weighted by Gasteiger charge is -2.37. The second-order valence-electron chi connectivity index (χ2n) is 21.1. The number of piperidine rings is 2. The van der Waals surface area contributed by atoms with Crippen molar-refractivity contribution in [2.75, 3.05) is 45.8 Å². The predicted molar refractivity (Wildman–Crippen MR) is 275 cm³/mol. The zero-order valence-electron chi connectivity index (χ0n) is 41.9. The molecule has 3 fully saturated rings. The lowest BCUT2D eigenvalue weighted by Crippen LogP contribution is -2.38. The number of aryl methyl sites for hydroxylation is 6. The van der Waals surface area contributed by atoms with Gasteiger partial charge < -0.3 is 30.0 Å². The molecule has 2 atom stereocenters. The molecule has 8 heterocycles. The van der Waals surface area contributed by atoms with Gasteiger partial charge in [0.2, 0.25) is 0 Å². The van der Waals surface area contributed by atoms with E-state index in [1.54, 1.807) is 0 Å². The van der Waals surface area contributed by atoms with E-state index in [9.17, 15) is 19.2 Å². The van der Waals surface area contributed by atoms with Crippen molar-refractivity contribution >= 4 is 34.5 Å². The number of likely N-dealkylation sites (tertiary alicyclic amines) is 1. The molecule has 9 rings (SSSR count). The molecule has 12 heteroatoms. The summed E-state index contributed by atoms with van der Waals surface area (Å²) < 4.78 is 0. The Balaban J connectivity index is 0.000000186. The maximum Gasteiger partial charge on any atom is 0.255 e. The number of aromatic amines is 2. The van der Waals surface area contributed by atoms with Gasteiger partial charge in [-0.25, -0.2) is 0 Å². The second-order valence-corrected chi connectivity index (χ2v) is 23.4. The van der Waals surface area contributed by atoms with Crippen LogP contribution in [0.2, 0.25) is 0 Å². The Bertz CT molecular complexity index is 2510. The number of rotatable bonds is 10. The maximum atomic E-state index is 13.8. The largest absolute Gasteiger partial charge is 0.334 e. The van der Waals surface area contributed by atoms with Gasteiger partial charge >= 0.3 is 0 Å². The van der Waals surface area contributed by atoms with Crippen molar-refractivity contribution < 1.29 is 9.59 Å². The topological polar surface area (TPSA) is 122 Å². The minimum atomic E-state index is -0.0768. The molecular weight excluding hydrogens is 873 g/mol. The Morgan fingerprint density at radius 2 is 1.03 bits per heavy atom. The quantitative estimate of drug-likeness (QED) is 0.146. The molecule has 4 aromatic rings. The molecule has 0 spiro atoms. The first-order chi connectivity index (χ1) is 32.2. The number of hydrogen-bond donors (Lipinski definition) is 3. The number of pyridine rings is 2. The first-order valence-electron chi connectivity index (χ1n) is 25.8. The van der Waals surface area contributed by atoms with Crippen molar-refractivity contribution in [3.63, 3.8) is 0 Å². The lowest BCUT2D eigenvalue weighted by molar-refractivity contribution is 0.0740. The van der Waals surface area contributed by atoms with E-state index in [1.807, 2.05) is 72.3 Å². The van der Waals surface area contributed by atoms with E-state index in [-0.39, 0.29) is 22.9 Å². The summed E-state index contributed by atoms with van der Waals surface area (Å²) in [5, 5.41) is 3.46. The number of H-pyrrole nitrogens is 2. The number of carbonyl (C=O) groups is 2. The molecule has 0 bridgehead atoms. The molecular formula is C55H78N6O4S2. The van der Waals surface area contributed by atoms with Crippen LogP contribution in [0.1, 0.15) is 181 Å². The van der Waals surface area contributed by atoms with Gasteiger partial charge in [-0.3, -0.25) is 19.2 Å². The van der Waals surface area contributed by atoms with Crippen LogP contribution in [-0.2, 0) is 25.9 Å². The van der Waals surface area contributed by atoms with Crippen molar-refractivity contribution in [3.05, 3.63) is 108 Å². The van der Waals surface area contributed by atoms with Crippen LogP contribution in [0.15, 0.2) is 21.7 Å². The van der Waals surface area contributed by atoms with E-state index < -0.39 is 0 Å². The zero-order chi connectivity index (χ0) is 47.5. The molecule has 4 aliphatic heterocycles. The van der Waals surface area contributed by atoms with E-state index in [4.69, 9.17) is 0 Å². The standard InChI is InChI=1S/C31H45N3O2S.C24H33N3O2S/c1-20-17-21(2)32-30(35)26(20)19-34-14-8-11-27-28(31(34)36)23(4)29(37-27)22(3)25-12-15-33(16-13-25)18-24-9-6-5-7-10-24;1-14-12-15(2)26-23(28)19(14)13-27-11-5-6-20-21(24(27)29)17(4)22(30-20)16(3)18-7-9-25-10-8-18/h17,22,24-25H,5-16,18-19H2,1-4H3,(H,32,35);12,16,18,25H,5-11,13H2,1-4H3,(H,26,28)/t22-;16-/m11/s1. The molecule has 0 unspecified atom stereocenters. The zero-order valence-corrected chi connectivity index (χ0v) is 43.5. The highest BCUT2D eigenvalue weighted by molar-refractivity contribution is 7.13. The van der Waals surface area contributed by atoms with Crippen molar-refractivity contribution in [1.29, 1.82) is 0 Å². The van der Waals surface area contributed by atoms with Crippen LogP contribution in [-0.4, -0.2) is 82.3 Å². The number of amides is 2.